The molecule has 1 aromatic heterocycles. The molecule has 0 aliphatic heterocycles. The second kappa shape index (κ2) is 15.6. The molecule has 0 unspecified atom stereocenters. The van der Waals surface area contributed by atoms with Crippen LogP contribution in [0.15, 0.2) is 36.5 Å². The number of rotatable bonds is 13. The molecule has 165 valence electrons. The van der Waals surface area contributed by atoms with Crippen molar-refractivity contribution in [2.24, 2.45) is 5.73 Å². The highest BCUT2D eigenvalue weighted by Gasteiger charge is 2.23. The summed E-state index contributed by atoms with van der Waals surface area (Å²) < 4.78 is 1.79. The van der Waals surface area contributed by atoms with Crippen molar-refractivity contribution in [1.29, 1.82) is 0 Å². The van der Waals surface area contributed by atoms with E-state index in [-0.39, 0.29) is 0 Å². The van der Waals surface area contributed by atoms with Crippen molar-refractivity contribution in [3.05, 3.63) is 47.8 Å². The van der Waals surface area contributed by atoms with Crippen LogP contribution in [0.5, 0.6) is 0 Å². The van der Waals surface area contributed by atoms with Gasteiger partial charge in [0.1, 0.15) is 0 Å². The van der Waals surface area contributed by atoms with Crippen LogP contribution in [-0.2, 0) is 13.1 Å². The summed E-state index contributed by atoms with van der Waals surface area (Å²) in [5, 5.41) is 7.89. The van der Waals surface area contributed by atoms with Crippen LogP contribution >= 0.6 is 7.26 Å². The van der Waals surface area contributed by atoms with Crippen LogP contribution < -0.4 is 5.73 Å². The van der Waals surface area contributed by atoms with Gasteiger partial charge in [-0.2, -0.15) is 0 Å². The van der Waals surface area contributed by atoms with Crippen LogP contribution in [0.1, 0.15) is 77.5 Å². The molecule has 4 nitrogen and oxygen atoms in total. The van der Waals surface area contributed by atoms with Crippen molar-refractivity contribution < 1.29 is 0 Å². The highest BCUT2D eigenvalue weighted by atomic mass is 31.2. The Morgan fingerprint density at radius 2 is 1.41 bits per heavy atom. The third-order valence-electron chi connectivity index (χ3n) is 5.61. The first-order valence-electron chi connectivity index (χ1n) is 11.6. The Bertz CT molecular complexity index is 605. The number of hydrogen-bond donors (Lipinski definition) is 1. The van der Waals surface area contributed by atoms with E-state index in [1.54, 1.807) is 23.2 Å². The molecule has 5 heteroatoms. The Morgan fingerprint density at radius 1 is 0.862 bits per heavy atom. The summed E-state index contributed by atoms with van der Waals surface area (Å²) in [6, 6.07) is 10.1. The predicted octanol–water partition coefficient (Wildman–Crippen LogP) is 6.21. The second-order valence-corrected chi connectivity index (χ2v) is 12.6. The highest BCUT2D eigenvalue weighted by molar-refractivity contribution is 7.75. The zero-order chi connectivity index (χ0) is 21.4. The first-order chi connectivity index (χ1) is 14.1. The Balaban J connectivity index is 0.000000290. The Kier molecular flexibility index (Phi) is 13.8. The fourth-order valence-electron chi connectivity index (χ4n) is 3.57. The van der Waals surface area contributed by atoms with Gasteiger partial charge in [0.05, 0.1) is 18.4 Å². The minimum absolute atomic E-state index is 0.439. The molecule has 0 fully saturated rings. The minimum Gasteiger partial charge on any atom is -0.325 e. The molecule has 0 spiro atoms. The molecule has 2 aromatic rings. The van der Waals surface area contributed by atoms with Crippen LogP contribution in [0.4, 0.5) is 0 Å². The van der Waals surface area contributed by atoms with Gasteiger partial charge in [-0.05, 0) is 49.5 Å². The van der Waals surface area contributed by atoms with Crippen LogP contribution in [0.3, 0.4) is 0 Å². The lowest BCUT2D eigenvalue weighted by Crippen LogP contribution is -2.11. The molecule has 0 saturated carbocycles. The Hall–Kier alpha value is -1.25. The standard InChI is InChI=1S/C14H32P.C10H12N4/c1-5-9-12-15(8-4,13-10-6-2)14-11-7-3;11-6-10-8-14(13-12-10)7-9-4-2-1-3-5-9/h5-14H2,1-4H3;1-5,8H,6-7,11H2. The first kappa shape index (κ1) is 25.8. The van der Waals surface area contributed by atoms with Crippen LogP contribution in [0.25, 0.3) is 0 Å². The monoisotopic (exact) mass is 419 g/mol. The van der Waals surface area contributed by atoms with E-state index in [0.717, 1.165) is 12.2 Å². The summed E-state index contributed by atoms with van der Waals surface area (Å²) in [5.74, 6) is 0. The first-order valence-corrected chi connectivity index (χ1v) is 14.1. The van der Waals surface area contributed by atoms with Gasteiger partial charge in [-0.25, -0.2) is 4.68 Å². The summed E-state index contributed by atoms with van der Waals surface area (Å²) in [4.78, 5) is 0. The lowest BCUT2D eigenvalue weighted by molar-refractivity contribution is 0.649. The van der Waals surface area contributed by atoms with Crippen molar-refractivity contribution >= 4 is 7.26 Å². The SMILES string of the molecule is CCCC[P](CC)(CCCC)CCCC.NCc1cn(Cc2ccccc2)nn1. The van der Waals surface area contributed by atoms with Gasteiger partial charge in [0.25, 0.3) is 0 Å². The molecule has 0 amide bonds. The van der Waals surface area contributed by atoms with Crippen molar-refractivity contribution in [3.63, 3.8) is 0 Å². The molecule has 0 aliphatic rings. The topological polar surface area (TPSA) is 56.7 Å². The van der Waals surface area contributed by atoms with Gasteiger partial charge in [0.15, 0.2) is 0 Å². The Labute approximate surface area is 180 Å². The van der Waals surface area contributed by atoms with Crippen LogP contribution in [-0.4, -0.2) is 39.6 Å². The molecular formula is C24H44N4P. The predicted molar refractivity (Wildman–Crippen MR) is 130 cm³/mol. The average Bonchev–Trinajstić information content (AvgIpc) is 3.22. The average molecular weight is 420 g/mol. The third kappa shape index (κ3) is 10.4. The second-order valence-electron chi connectivity index (χ2n) is 7.99. The molecule has 1 aromatic carbocycles. The van der Waals surface area contributed by atoms with Crippen molar-refractivity contribution in [3.8, 4) is 0 Å². The van der Waals surface area contributed by atoms with Gasteiger partial charge in [0.2, 0.25) is 0 Å². The molecule has 0 bridgehead atoms. The van der Waals surface area contributed by atoms with Gasteiger partial charge in [-0.1, -0.05) is 82.5 Å². The van der Waals surface area contributed by atoms with E-state index in [4.69, 9.17) is 5.73 Å². The quantitative estimate of drug-likeness (QED) is 0.393. The normalized spacial score (nSPS) is 11.2. The summed E-state index contributed by atoms with van der Waals surface area (Å²) in [6.45, 7) is 10.6. The zero-order valence-electron chi connectivity index (χ0n) is 19.3. The molecule has 0 atom stereocenters. The lowest BCUT2D eigenvalue weighted by Gasteiger charge is -2.36. The number of nitrogens with zero attached hydrogens (tertiary/aromatic N) is 3. The van der Waals surface area contributed by atoms with Gasteiger partial charge < -0.3 is 5.73 Å². The molecule has 0 aliphatic carbocycles. The van der Waals surface area contributed by atoms with E-state index < -0.39 is 7.26 Å². The lowest BCUT2D eigenvalue weighted by atomic mass is 10.2. The molecule has 2 rings (SSSR count). The smallest absolute Gasteiger partial charge is 0.0962 e. The number of nitrogens with two attached hydrogens (primary N) is 1. The van der Waals surface area contributed by atoms with Crippen molar-refractivity contribution in [2.45, 2.75) is 79.3 Å². The zero-order valence-corrected chi connectivity index (χ0v) is 20.2. The van der Waals surface area contributed by atoms with E-state index >= 15 is 0 Å². The molecule has 1 radical (unpaired) electrons. The summed E-state index contributed by atoms with van der Waals surface area (Å²) in [5.41, 5.74) is 7.47. The molecule has 29 heavy (non-hydrogen) atoms. The summed E-state index contributed by atoms with van der Waals surface area (Å²) in [7, 11) is -0.527. The minimum atomic E-state index is -0.527. The fraction of sp³-hybridized carbons (Fsp3) is 0.667. The van der Waals surface area contributed by atoms with Crippen molar-refractivity contribution in [1.82, 2.24) is 15.0 Å². The van der Waals surface area contributed by atoms with E-state index in [0.29, 0.717) is 6.54 Å². The van der Waals surface area contributed by atoms with E-state index in [1.807, 2.05) is 24.4 Å². The fourth-order valence-corrected chi connectivity index (χ4v) is 8.15. The summed E-state index contributed by atoms with van der Waals surface area (Å²) >= 11 is 0. The van der Waals surface area contributed by atoms with Crippen molar-refractivity contribution in [2.75, 3.05) is 24.6 Å². The maximum Gasteiger partial charge on any atom is 0.0962 e. The highest BCUT2D eigenvalue weighted by Crippen LogP contribution is 2.60. The third-order valence-corrected chi connectivity index (χ3v) is 10.7. The number of unbranched alkanes of at least 4 members (excludes halogenated alkanes) is 3. The number of hydrogen-bond acceptors (Lipinski definition) is 3. The van der Waals surface area contributed by atoms with E-state index in [1.165, 1.54) is 50.3 Å². The van der Waals surface area contributed by atoms with Gasteiger partial charge in [-0.15, -0.1) is 12.4 Å². The largest absolute Gasteiger partial charge is 0.325 e. The molecular weight excluding hydrogens is 375 g/mol. The van der Waals surface area contributed by atoms with Gasteiger partial charge in [0, 0.05) is 6.54 Å². The van der Waals surface area contributed by atoms with E-state index in [2.05, 4.69) is 50.1 Å². The van der Waals surface area contributed by atoms with Gasteiger partial charge in [-0.3, -0.25) is 0 Å². The Morgan fingerprint density at radius 3 is 1.83 bits per heavy atom. The van der Waals surface area contributed by atoms with E-state index in [9.17, 15) is 0 Å². The van der Waals surface area contributed by atoms with Crippen LogP contribution in [0.2, 0.25) is 0 Å². The number of benzene rings is 1. The molecule has 0 saturated heterocycles. The maximum atomic E-state index is 5.44. The van der Waals surface area contributed by atoms with Crippen LogP contribution in [0, 0.1) is 0 Å². The molecule has 2 N–H and O–H groups in total. The number of aromatic nitrogens is 3. The molecule has 1 heterocycles. The van der Waals surface area contributed by atoms with Gasteiger partial charge >= 0.3 is 0 Å². The summed E-state index contributed by atoms with van der Waals surface area (Å²) in [6.07, 6.45) is 16.7. The maximum absolute atomic E-state index is 5.44.